The molecule has 2 aromatic carbocycles. The summed E-state index contributed by atoms with van der Waals surface area (Å²) < 4.78 is 18.3. The maximum absolute atomic E-state index is 13.4. The van der Waals surface area contributed by atoms with Gasteiger partial charge in [-0.2, -0.15) is 0 Å². The van der Waals surface area contributed by atoms with Crippen molar-refractivity contribution in [3.05, 3.63) is 71.7 Å². The largest absolute Gasteiger partial charge is 0.462 e. The SMILES string of the molecule is CCOC(=O)c1ccc(NC(=O)N/C=C/c2ccccc2F)cc1. The molecule has 0 aliphatic rings. The molecule has 24 heavy (non-hydrogen) atoms. The lowest BCUT2D eigenvalue weighted by atomic mass is 10.2. The standard InChI is InChI=1S/C18H17FN2O3/c1-2-24-17(22)14-7-9-15(10-8-14)21-18(23)20-12-11-13-5-3-4-6-16(13)19/h3-12H,2H2,1H3,(H2,20,21,23)/b12-11+. The molecular weight excluding hydrogens is 311 g/mol. The van der Waals surface area contributed by atoms with Crippen LogP contribution in [0.5, 0.6) is 0 Å². The monoisotopic (exact) mass is 328 g/mol. The van der Waals surface area contributed by atoms with Crippen molar-refractivity contribution in [1.82, 2.24) is 5.32 Å². The molecule has 0 aromatic heterocycles. The van der Waals surface area contributed by atoms with Gasteiger partial charge in [0.05, 0.1) is 12.2 Å². The first-order valence-corrected chi connectivity index (χ1v) is 7.36. The minimum absolute atomic E-state index is 0.301. The van der Waals surface area contributed by atoms with E-state index in [4.69, 9.17) is 4.74 Å². The molecule has 6 heteroatoms. The van der Waals surface area contributed by atoms with E-state index < -0.39 is 12.0 Å². The minimum atomic E-state index is -0.480. The Kier molecular flexibility index (Phi) is 6.08. The van der Waals surface area contributed by atoms with Gasteiger partial charge in [-0.05, 0) is 43.3 Å². The van der Waals surface area contributed by atoms with Crippen LogP contribution < -0.4 is 10.6 Å². The van der Waals surface area contributed by atoms with E-state index in [0.29, 0.717) is 23.4 Å². The second-order valence-electron chi connectivity index (χ2n) is 4.75. The van der Waals surface area contributed by atoms with E-state index in [1.54, 1.807) is 49.4 Å². The molecule has 0 radical (unpaired) electrons. The van der Waals surface area contributed by atoms with Crippen molar-refractivity contribution in [3.63, 3.8) is 0 Å². The Balaban J connectivity index is 1.88. The van der Waals surface area contributed by atoms with Gasteiger partial charge in [0, 0.05) is 17.5 Å². The number of benzene rings is 2. The van der Waals surface area contributed by atoms with E-state index in [0.717, 1.165) is 0 Å². The van der Waals surface area contributed by atoms with Crippen LogP contribution in [0.4, 0.5) is 14.9 Å². The Morgan fingerprint density at radius 2 is 1.83 bits per heavy atom. The summed E-state index contributed by atoms with van der Waals surface area (Å²) in [5, 5.41) is 5.07. The van der Waals surface area contributed by atoms with Gasteiger partial charge in [0.15, 0.2) is 0 Å². The summed E-state index contributed by atoms with van der Waals surface area (Å²) in [4.78, 5) is 23.3. The third-order valence-corrected chi connectivity index (χ3v) is 3.04. The second kappa shape index (κ2) is 8.47. The molecule has 2 rings (SSSR count). The Morgan fingerprint density at radius 1 is 1.12 bits per heavy atom. The molecule has 0 atom stereocenters. The van der Waals surface area contributed by atoms with Gasteiger partial charge in [-0.3, -0.25) is 0 Å². The number of hydrogen-bond acceptors (Lipinski definition) is 3. The van der Waals surface area contributed by atoms with Crippen molar-refractivity contribution in [2.24, 2.45) is 0 Å². The van der Waals surface area contributed by atoms with Crippen molar-refractivity contribution in [1.29, 1.82) is 0 Å². The highest BCUT2D eigenvalue weighted by atomic mass is 19.1. The topological polar surface area (TPSA) is 67.4 Å². The fourth-order valence-corrected chi connectivity index (χ4v) is 1.89. The Bertz CT molecular complexity index is 742. The molecule has 5 nitrogen and oxygen atoms in total. The fourth-order valence-electron chi connectivity index (χ4n) is 1.89. The number of esters is 1. The maximum Gasteiger partial charge on any atom is 0.338 e. The Labute approximate surface area is 139 Å². The normalized spacial score (nSPS) is 10.4. The number of anilines is 1. The summed E-state index contributed by atoms with van der Waals surface area (Å²) in [5.41, 5.74) is 1.29. The van der Waals surface area contributed by atoms with E-state index in [1.165, 1.54) is 18.3 Å². The number of amides is 2. The highest BCUT2D eigenvalue weighted by Crippen LogP contribution is 2.11. The lowest BCUT2D eigenvalue weighted by Crippen LogP contribution is -2.23. The van der Waals surface area contributed by atoms with E-state index in [1.807, 2.05) is 0 Å². The molecule has 0 spiro atoms. The summed E-state index contributed by atoms with van der Waals surface area (Å²) in [6.45, 7) is 2.03. The molecule has 0 heterocycles. The Hall–Kier alpha value is -3.15. The average molecular weight is 328 g/mol. The lowest BCUT2D eigenvalue weighted by Gasteiger charge is -2.06. The van der Waals surface area contributed by atoms with Gasteiger partial charge >= 0.3 is 12.0 Å². The molecule has 2 N–H and O–H groups in total. The van der Waals surface area contributed by atoms with Crippen LogP contribution in [0.25, 0.3) is 6.08 Å². The van der Waals surface area contributed by atoms with Crippen LogP contribution in [0.1, 0.15) is 22.8 Å². The number of rotatable bonds is 5. The summed E-state index contributed by atoms with van der Waals surface area (Å²) in [6, 6.07) is 12.0. The molecule has 0 unspecified atom stereocenters. The van der Waals surface area contributed by atoms with Crippen molar-refractivity contribution in [3.8, 4) is 0 Å². The van der Waals surface area contributed by atoms with Gasteiger partial charge in [-0.1, -0.05) is 18.2 Å². The van der Waals surface area contributed by atoms with Gasteiger partial charge in [0.25, 0.3) is 0 Å². The second-order valence-corrected chi connectivity index (χ2v) is 4.75. The fraction of sp³-hybridized carbons (Fsp3) is 0.111. The molecule has 0 aliphatic carbocycles. The van der Waals surface area contributed by atoms with Crippen LogP contribution in [0, 0.1) is 5.82 Å². The molecule has 0 fully saturated rings. The summed E-state index contributed by atoms with van der Waals surface area (Å²) in [7, 11) is 0. The molecule has 0 bridgehead atoms. The molecular formula is C18H17FN2O3. The quantitative estimate of drug-likeness (QED) is 0.821. The lowest BCUT2D eigenvalue weighted by molar-refractivity contribution is 0.0526. The van der Waals surface area contributed by atoms with Crippen LogP contribution in [0.2, 0.25) is 0 Å². The van der Waals surface area contributed by atoms with E-state index in [-0.39, 0.29) is 5.82 Å². The van der Waals surface area contributed by atoms with Crippen LogP contribution in [-0.4, -0.2) is 18.6 Å². The summed E-state index contributed by atoms with van der Waals surface area (Å²) >= 11 is 0. The first-order valence-electron chi connectivity index (χ1n) is 7.36. The molecule has 124 valence electrons. The van der Waals surface area contributed by atoms with E-state index in [2.05, 4.69) is 10.6 Å². The first kappa shape index (κ1) is 17.2. The number of nitrogens with one attached hydrogen (secondary N) is 2. The maximum atomic E-state index is 13.4. The smallest absolute Gasteiger partial charge is 0.338 e. The third-order valence-electron chi connectivity index (χ3n) is 3.04. The van der Waals surface area contributed by atoms with Crippen LogP contribution in [0.15, 0.2) is 54.7 Å². The van der Waals surface area contributed by atoms with Gasteiger partial charge < -0.3 is 15.4 Å². The minimum Gasteiger partial charge on any atom is -0.462 e. The number of urea groups is 1. The van der Waals surface area contributed by atoms with E-state index in [9.17, 15) is 14.0 Å². The number of carbonyl (C=O) groups is 2. The number of ether oxygens (including phenoxy) is 1. The highest BCUT2D eigenvalue weighted by Gasteiger charge is 2.06. The predicted molar refractivity (Wildman–Crippen MR) is 90.0 cm³/mol. The third kappa shape index (κ3) is 4.95. The van der Waals surface area contributed by atoms with Gasteiger partial charge in [0.2, 0.25) is 0 Å². The molecule has 2 aromatic rings. The number of halogens is 1. The number of hydrogen-bond donors (Lipinski definition) is 2. The predicted octanol–water partition coefficient (Wildman–Crippen LogP) is 3.79. The van der Waals surface area contributed by atoms with Crippen molar-refractivity contribution in [2.75, 3.05) is 11.9 Å². The average Bonchev–Trinajstić information content (AvgIpc) is 2.57. The summed E-state index contributed by atoms with van der Waals surface area (Å²) in [6.07, 6.45) is 2.81. The molecule has 0 saturated carbocycles. The van der Waals surface area contributed by atoms with Crippen LogP contribution >= 0.6 is 0 Å². The Morgan fingerprint density at radius 3 is 2.50 bits per heavy atom. The highest BCUT2D eigenvalue weighted by molar-refractivity contribution is 5.92. The van der Waals surface area contributed by atoms with Gasteiger partial charge in [-0.15, -0.1) is 0 Å². The van der Waals surface area contributed by atoms with Gasteiger partial charge in [0.1, 0.15) is 5.82 Å². The molecule has 0 aliphatic heterocycles. The summed E-state index contributed by atoms with van der Waals surface area (Å²) in [5.74, 6) is -0.785. The van der Waals surface area contributed by atoms with Crippen molar-refractivity contribution < 1.29 is 18.7 Å². The van der Waals surface area contributed by atoms with Crippen molar-refractivity contribution in [2.45, 2.75) is 6.92 Å². The zero-order chi connectivity index (χ0) is 17.4. The zero-order valence-electron chi connectivity index (χ0n) is 13.1. The first-order chi connectivity index (χ1) is 11.6. The van der Waals surface area contributed by atoms with Crippen molar-refractivity contribution >= 4 is 23.8 Å². The zero-order valence-corrected chi connectivity index (χ0v) is 13.1. The van der Waals surface area contributed by atoms with Gasteiger partial charge in [-0.25, -0.2) is 14.0 Å². The number of carbonyl (C=O) groups excluding carboxylic acids is 2. The molecule has 2 amide bonds. The van der Waals surface area contributed by atoms with Crippen LogP contribution in [-0.2, 0) is 4.74 Å². The molecule has 0 saturated heterocycles. The van der Waals surface area contributed by atoms with E-state index >= 15 is 0 Å². The van der Waals surface area contributed by atoms with Crippen LogP contribution in [0.3, 0.4) is 0 Å².